The molecule has 0 spiro atoms. The second-order valence-corrected chi connectivity index (χ2v) is 4.78. The topological polar surface area (TPSA) is 37.0 Å². The summed E-state index contributed by atoms with van der Waals surface area (Å²) in [6.45, 7) is 3.37. The zero-order chi connectivity index (χ0) is 11.4. The molecular formula is C13H21N3. The van der Waals surface area contributed by atoms with E-state index in [0.29, 0.717) is 5.41 Å². The second-order valence-electron chi connectivity index (χ2n) is 4.78. The molecule has 1 aromatic rings. The molecule has 0 aromatic carbocycles. The van der Waals surface area contributed by atoms with Crippen molar-refractivity contribution in [2.24, 2.45) is 5.41 Å². The van der Waals surface area contributed by atoms with E-state index >= 15 is 0 Å². The molecule has 3 heteroatoms. The summed E-state index contributed by atoms with van der Waals surface area (Å²) in [6, 6.07) is 4.09. The van der Waals surface area contributed by atoms with Crippen molar-refractivity contribution in [2.75, 3.05) is 24.2 Å². The highest BCUT2D eigenvalue weighted by molar-refractivity contribution is 5.51. The first-order valence-electron chi connectivity index (χ1n) is 6.16. The Morgan fingerprint density at radius 1 is 1.44 bits per heavy atom. The van der Waals surface area contributed by atoms with Crippen LogP contribution in [-0.4, -0.2) is 18.6 Å². The summed E-state index contributed by atoms with van der Waals surface area (Å²) >= 11 is 0. The van der Waals surface area contributed by atoms with Gasteiger partial charge in [0.05, 0.1) is 0 Å². The summed E-state index contributed by atoms with van der Waals surface area (Å²) in [7, 11) is 1.89. The number of hydrogen-bond acceptors (Lipinski definition) is 3. The summed E-state index contributed by atoms with van der Waals surface area (Å²) in [6.07, 6.45) is 7.26. The van der Waals surface area contributed by atoms with E-state index in [1.807, 2.05) is 19.3 Å². The van der Waals surface area contributed by atoms with Gasteiger partial charge >= 0.3 is 0 Å². The maximum atomic E-state index is 4.20. The normalized spacial score (nSPS) is 16.9. The number of nitrogens with one attached hydrogen (secondary N) is 2. The van der Waals surface area contributed by atoms with Crippen LogP contribution < -0.4 is 10.6 Å². The van der Waals surface area contributed by atoms with E-state index in [1.54, 1.807) is 0 Å². The Bertz CT molecular complexity index is 345. The average molecular weight is 219 g/mol. The van der Waals surface area contributed by atoms with E-state index < -0.39 is 0 Å². The Morgan fingerprint density at radius 3 is 2.88 bits per heavy atom. The molecule has 2 N–H and O–H groups in total. The van der Waals surface area contributed by atoms with Gasteiger partial charge in [-0.1, -0.05) is 13.3 Å². The first kappa shape index (κ1) is 11.2. The van der Waals surface area contributed by atoms with Gasteiger partial charge in [0, 0.05) is 31.5 Å². The molecule has 0 saturated heterocycles. The van der Waals surface area contributed by atoms with Crippen LogP contribution in [0.25, 0.3) is 0 Å². The van der Waals surface area contributed by atoms with Crippen LogP contribution in [0.3, 0.4) is 0 Å². The molecule has 1 aliphatic carbocycles. The van der Waals surface area contributed by atoms with E-state index in [2.05, 4.69) is 28.6 Å². The fourth-order valence-electron chi connectivity index (χ4n) is 2.19. The molecule has 1 aromatic heterocycles. The minimum Gasteiger partial charge on any atom is -0.384 e. The summed E-state index contributed by atoms with van der Waals surface area (Å²) < 4.78 is 0. The molecule has 0 bridgehead atoms. The Morgan fingerprint density at radius 2 is 2.25 bits per heavy atom. The molecule has 2 rings (SSSR count). The SMILES string of the molecule is CCCC1(CNc2ccnc(NC)c2)CC1. The van der Waals surface area contributed by atoms with Crippen LogP contribution in [0.5, 0.6) is 0 Å². The lowest BCUT2D eigenvalue weighted by molar-refractivity contribution is 0.486. The lowest BCUT2D eigenvalue weighted by Crippen LogP contribution is -2.15. The maximum Gasteiger partial charge on any atom is 0.127 e. The monoisotopic (exact) mass is 219 g/mol. The Balaban J connectivity index is 1.89. The van der Waals surface area contributed by atoms with Gasteiger partial charge in [-0.2, -0.15) is 0 Å². The molecule has 1 fully saturated rings. The highest BCUT2D eigenvalue weighted by Crippen LogP contribution is 2.49. The van der Waals surface area contributed by atoms with Crippen molar-refractivity contribution in [3.63, 3.8) is 0 Å². The summed E-state index contributed by atoms with van der Waals surface area (Å²) in [4.78, 5) is 4.20. The number of anilines is 2. The highest BCUT2D eigenvalue weighted by atomic mass is 15.0. The van der Waals surface area contributed by atoms with Crippen LogP contribution in [0.15, 0.2) is 18.3 Å². The first-order chi connectivity index (χ1) is 7.78. The van der Waals surface area contributed by atoms with Crippen molar-refractivity contribution in [2.45, 2.75) is 32.6 Å². The van der Waals surface area contributed by atoms with Crippen LogP contribution in [0.2, 0.25) is 0 Å². The lowest BCUT2D eigenvalue weighted by Gasteiger charge is -2.16. The van der Waals surface area contributed by atoms with Crippen LogP contribution in [-0.2, 0) is 0 Å². The molecule has 0 radical (unpaired) electrons. The standard InChI is InChI=1S/C13H21N3/c1-3-5-13(6-7-13)10-16-11-4-8-15-12(9-11)14-2/h4,8-9H,3,5-7,10H2,1-2H3,(H2,14,15,16). The molecule has 3 nitrogen and oxygen atoms in total. The summed E-state index contributed by atoms with van der Waals surface area (Å²) in [5, 5.41) is 6.58. The van der Waals surface area contributed by atoms with Crippen molar-refractivity contribution < 1.29 is 0 Å². The number of aromatic nitrogens is 1. The number of nitrogens with zero attached hydrogens (tertiary/aromatic N) is 1. The zero-order valence-corrected chi connectivity index (χ0v) is 10.2. The molecule has 1 aliphatic rings. The molecule has 88 valence electrons. The third kappa shape index (κ3) is 2.65. The largest absolute Gasteiger partial charge is 0.384 e. The third-order valence-corrected chi connectivity index (χ3v) is 3.42. The van der Waals surface area contributed by atoms with Crippen LogP contribution in [0.4, 0.5) is 11.5 Å². The molecular weight excluding hydrogens is 198 g/mol. The predicted octanol–water partition coefficient (Wildman–Crippen LogP) is 3.12. The van der Waals surface area contributed by atoms with Gasteiger partial charge in [-0.05, 0) is 30.7 Å². The van der Waals surface area contributed by atoms with Gasteiger partial charge in [0.15, 0.2) is 0 Å². The van der Waals surface area contributed by atoms with E-state index in [-0.39, 0.29) is 0 Å². The van der Waals surface area contributed by atoms with Gasteiger partial charge in [0.25, 0.3) is 0 Å². The predicted molar refractivity (Wildman–Crippen MR) is 68.8 cm³/mol. The first-order valence-corrected chi connectivity index (χ1v) is 6.16. The Kier molecular flexibility index (Phi) is 3.32. The fourth-order valence-corrected chi connectivity index (χ4v) is 2.19. The molecule has 16 heavy (non-hydrogen) atoms. The van der Waals surface area contributed by atoms with Crippen molar-refractivity contribution in [3.8, 4) is 0 Å². The quantitative estimate of drug-likeness (QED) is 0.772. The van der Waals surface area contributed by atoms with E-state index in [9.17, 15) is 0 Å². The van der Waals surface area contributed by atoms with Gasteiger partial charge < -0.3 is 10.6 Å². The van der Waals surface area contributed by atoms with E-state index in [4.69, 9.17) is 0 Å². The van der Waals surface area contributed by atoms with Crippen LogP contribution >= 0.6 is 0 Å². The second kappa shape index (κ2) is 4.73. The minimum absolute atomic E-state index is 0.595. The summed E-state index contributed by atoms with van der Waals surface area (Å²) in [5.74, 6) is 0.922. The van der Waals surface area contributed by atoms with Gasteiger partial charge in [0.1, 0.15) is 5.82 Å². The highest BCUT2D eigenvalue weighted by Gasteiger charge is 2.40. The Hall–Kier alpha value is -1.25. The smallest absolute Gasteiger partial charge is 0.127 e. The van der Waals surface area contributed by atoms with Gasteiger partial charge in [-0.15, -0.1) is 0 Å². The zero-order valence-electron chi connectivity index (χ0n) is 10.2. The molecule has 1 saturated carbocycles. The number of pyridine rings is 1. The van der Waals surface area contributed by atoms with Crippen LogP contribution in [0, 0.1) is 5.41 Å². The van der Waals surface area contributed by atoms with Crippen molar-refractivity contribution in [3.05, 3.63) is 18.3 Å². The molecule has 1 heterocycles. The summed E-state index contributed by atoms with van der Waals surface area (Å²) in [5.41, 5.74) is 1.76. The van der Waals surface area contributed by atoms with Gasteiger partial charge in [-0.3, -0.25) is 0 Å². The minimum atomic E-state index is 0.595. The van der Waals surface area contributed by atoms with Crippen LogP contribution in [0.1, 0.15) is 32.6 Å². The third-order valence-electron chi connectivity index (χ3n) is 3.42. The van der Waals surface area contributed by atoms with Crippen molar-refractivity contribution in [1.29, 1.82) is 0 Å². The maximum absolute atomic E-state index is 4.20. The molecule has 0 aliphatic heterocycles. The number of rotatable bonds is 6. The average Bonchev–Trinajstić information content (AvgIpc) is 3.08. The van der Waals surface area contributed by atoms with Gasteiger partial charge in [0.2, 0.25) is 0 Å². The van der Waals surface area contributed by atoms with E-state index in [1.165, 1.54) is 31.4 Å². The van der Waals surface area contributed by atoms with E-state index in [0.717, 1.165) is 12.4 Å². The lowest BCUT2D eigenvalue weighted by atomic mass is 10.0. The fraction of sp³-hybridized carbons (Fsp3) is 0.615. The molecule has 0 amide bonds. The Labute approximate surface area is 97.7 Å². The van der Waals surface area contributed by atoms with Gasteiger partial charge in [-0.25, -0.2) is 4.98 Å². The number of hydrogen-bond donors (Lipinski definition) is 2. The van der Waals surface area contributed by atoms with Crippen molar-refractivity contribution in [1.82, 2.24) is 4.98 Å². The van der Waals surface area contributed by atoms with Crippen molar-refractivity contribution >= 4 is 11.5 Å². The molecule has 0 unspecified atom stereocenters. The molecule has 0 atom stereocenters.